The van der Waals surface area contributed by atoms with Gasteiger partial charge < -0.3 is 4.37 Å². The van der Waals surface area contributed by atoms with Gasteiger partial charge >= 0.3 is 0 Å². The van der Waals surface area contributed by atoms with Crippen molar-refractivity contribution >= 4 is 22.3 Å². The van der Waals surface area contributed by atoms with E-state index in [2.05, 4.69) is 4.37 Å². The fourth-order valence-electron chi connectivity index (χ4n) is 1.83. The third kappa shape index (κ3) is 1.13. The van der Waals surface area contributed by atoms with E-state index in [0.717, 1.165) is 0 Å². The molecule has 0 spiro atoms. The first kappa shape index (κ1) is 9.30. The van der Waals surface area contributed by atoms with Crippen LogP contribution in [0.15, 0.2) is 46.1 Å². The molecule has 0 unspecified atom stereocenters. The van der Waals surface area contributed by atoms with Crippen molar-refractivity contribution in [2.45, 2.75) is 0 Å². The first-order valence-electron chi connectivity index (χ1n) is 4.80. The van der Waals surface area contributed by atoms with Gasteiger partial charge in [-0.2, -0.15) is 0 Å². The summed E-state index contributed by atoms with van der Waals surface area (Å²) >= 11 is 1.20. The third-order valence-electron chi connectivity index (χ3n) is 2.59. The van der Waals surface area contributed by atoms with Gasteiger partial charge in [0.25, 0.3) is 0 Å². The zero-order valence-corrected chi connectivity index (χ0v) is 9.01. The summed E-state index contributed by atoms with van der Waals surface area (Å²) in [4.78, 5) is 24.2. The zero-order valence-electron chi connectivity index (χ0n) is 8.19. The molecule has 1 aromatic carbocycles. The van der Waals surface area contributed by atoms with Crippen molar-refractivity contribution in [1.82, 2.24) is 4.37 Å². The third-order valence-corrected chi connectivity index (χ3v) is 3.45. The van der Waals surface area contributed by atoms with Gasteiger partial charge in [-0.25, -0.2) is 0 Å². The minimum Gasteiger partial charge on any atom is -0.318 e. The Hall–Kier alpha value is -1.94. The van der Waals surface area contributed by atoms with Crippen molar-refractivity contribution in [2.24, 2.45) is 0 Å². The topological polar surface area (TPSA) is 49.9 Å². The molecule has 0 saturated heterocycles. The summed E-state index contributed by atoms with van der Waals surface area (Å²) < 4.78 is 3.36. The van der Waals surface area contributed by atoms with Gasteiger partial charge in [-0.1, -0.05) is 35.8 Å². The second-order valence-corrected chi connectivity index (χ2v) is 4.35. The summed E-state index contributed by atoms with van der Waals surface area (Å²) in [6.07, 6.45) is 1.67. The average molecular weight is 229 g/mol. The molecule has 0 fully saturated rings. The standard InChI is InChI=1S/C12H7NO2S/c14-10-7-3-1-2-4-8(7)11(15)12-9(10)5-6-13-16-12/h1-6,13H. The van der Waals surface area contributed by atoms with Crippen LogP contribution >= 0.6 is 11.5 Å². The Labute approximate surface area is 93.8 Å². The molecule has 1 aliphatic heterocycles. The number of aromatic nitrogens is 1. The molecular formula is C12H7NO2S. The quantitative estimate of drug-likeness (QED) is 0.637. The van der Waals surface area contributed by atoms with E-state index in [1.165, 1.54) is 11.5 Å². The fraction of sp³-hybridized carbons (Fsp3) is 0. The Kier molecular flexibility index (Phi) is 1.91. The molecule has 4 heteroatoms. The minimum atomic E-state index is -0.0768. The SMILES string of the molecule is O=c1c2cc[nH]sc=2c(=O)c2ccccc12. The van der Waals surface area contributed by atoms with Crippen molar-refractivity contribution < 1.29 is 0 Å². The van der Waals surface area contributed by atoms with Crippen LogP contribution in [-0.4, -0.2) is 4.37 Å². The van der Waals surface area contributed by atoms with Crippen LogP contribution in [0, 0.1) is 9.75 Å². The second-order valence-electron chi connectivity index (χ2n) is 3.50. The monoisotopic (exact) mass is 229 g/mol. The highest BCUT2D eigenvalue weighted by Crippen LogP contribution is 2.06. The van der Waals surface area contributed by atoms with Crippen molar-refractivity contribution in [3.8, 4) is 0 Å². The summed E-state index contributed by atoms with van der Waals surface area (Å²) in [5, 5.41) is 1.49. The van der Waals surface area contributed by atoms with Crippen LogP contribution in [0.2, 0.25) is 0 Å². The smallest absolute Gasteiger partial charge is 0.205 e. The maximum absolute atomic E-state index is 12.1. The van der Waals surface area contributed by atoms with E-state index in [9.17, 15) is 9.59 Å². The Morgan fingerprint density at radius 2 is 1.62 bits per heavy atom. The van der Waals surface area contributed by atoms with E-state index in [-0.39, 0.29) is 10.9 Å². The largest absolute Gasteiger partial charge is 0.318 e. The lowest BCUT2D eigenvalue weighted by Crippen LogP contribution is -2.13. The molecule has 0 atom stereocenters. The molecule has 2 aliphatic rings. The lowest BCUT2D eigenvalue weighted by atomic mass is 10.1. The van der Waals surface area contributed by atoms with Crippen LogP contribution in [0.4, 0.5) is 0 Å². The van der Waals surface area contributed by atoms with Crippen LogP contribution in [0.3, 0.4) is 0 Å². The molecule has 78 valence electrons. The first-order valence-corrected chi connectivity index (χ1v) is 5.62. The number of nitrogens with one attached hydrogen (secondary N) is 1. The minimum absolute atomic E-state index is 0.0737. The summed E-state index contributed by atoms with van der Waals surface area (Å²) in [5.41, 5.74) is -0.150. The number of benzene rings is 1. The molecule has 0 radical (unpaired) electrons. The van der Waals surface area contributed by atoms with Crippen molar-refractivity contribution in [3.63, 3.8) is 0 Å². The van der Waals surface area contributed by atoms with Gasteiger partial charge in [-0.3, -0.25) is 9.59 Å². The van der Waals surface area contributed by atoms with Crippen LogP contribution in [-0.2, 0) is 0 Å². The molecule has 0 amide bonds. The Morgan fingerprint density at radius 1 is 0.938 bits per heavy atom. The number of H-pyrrole nitrogens is 1. The maximum Gasteiger partial charge on any atom is 0.205 e. The highest BCUT2D eigenvalue weighted by Gasteiger charge is 2.06. The molecular weight excluding hydrogens is 222 g/mol. The van der Waals surface area contributed by atoms with E-state index < -0.39 is 0 Å². The van der Waals surface area contributed by atoms with Gasteiger partial charge in [0.05, 0.1) is 0 Å². The van der Waals surface area contributed by atoms with Gasteiger partial charge in [0.1, 0.15) is 4.53 Å². The predicted molar refractivity (Wildman–Crippen MR) is 64.0 cm³/mol. The van der Waals surface area contributed by atoms with Gasteiger partial charge in [-0.15, -0.1) is 0 Å². The lowest BCUT2D eigenvalue weighted by Gasteiger charge is -1.96. The number of hydrogen-bond donors (Lipinski definition) is 1. The Morgan fingerprint density at radius 3 is 2.38 bits per heavy atom. The molecule has 1 N–H and O–H groups in total. The molecule has 3 rings (SSSR count). The fourth-order valence-corrected chi connectivity index (χ4v) is 2.56. The van der Waals surface area contributed by atoms with Gasteiger partial charge in [0, 0.05) is 22.2 Å². The van der Waals surface area contributed by atoms with Crippen LogP contribution in [0.25, 0.3) is 10.8 Å². The maximum atomic E-state index is 12.1. The Balaban J connectivity index is 2.88. The molecule has 0 aromatic heterocycles. The van der Waals surface area contributed by atoms with Gasteiger partial charge in [0.2, 0.25) is 5.43 Å². The molecule has 3 nitrogen and oxygen atoms in total. The van der Waals surface area contributed by atoms with Crippen molar-refractivity contribution in [1.29, 1.82) is 0 Å². The van der Waals surface area contributed by atoms with Crippen molar-refractivity contribution in [2.75, 3.05) is 0 Å². The number of rotatable bonds is 0. The van der Waals surface area contributed by atoms with Crippen LogP contribution < -0.4 is 10.9 Å². The van der Waals surface area contributed by atoms with Crippen LogP contribution in [0.5, 0.6) is 0 Å². The highest BCUT2D eigenvalue weighted by atomic mass is 32.1. The van der Waals surface area contributed by atoms with Gasteiger partial charge in [-0.05, 0) is 6.07 Å². The lowest BCUT2D eigenvalue weighted by molar-refractivity contribution is 1.41. The number of aromatic amines is 1. The summed E-state index contributed by atoms with van der Waals surface area (Å²) in [6.45, 7) is 0. The molecule has 1 heterocycles. The Bertz CT molecular complexity index is 776. The first-order chi connectivity index (χ1) is 7.79. The normalized spacial score (nSPS) is 11.0. The van der Waals surface area contributed by atoms with Crippen LogP contribution in [0.1, 0.15) is 0 Å². The molecule has 1 aromatic rings. The van der Waals surface area contributed by atoms with E-state index in [1.54, 1.807) is 36.5 Å². The molecule has 16 heavy (non-hydrogen) atoms. The molecule has 0 saturated carbocycles. The summed E-state index contributed by atoms with van der Waals surface area (Å²) in [6, 6.07) is 8.58. The highest BCUT2D eigenvalue weighted by molar-refractivity contribution is 7.03. The number of fused-ring (bicyclic) bond motifs is 1. The van der Waals surface area contributed by atoms with Gasteiger partial charge in [0.15, 0.2) is 5.43 Å². The summed E-state index contributed by atoms with van der Waals surface area (Å²) in [7, 11) is 0. The second kappa shape index (κ2) is 3.28. The van der Waals surface area contributed by atoms with E-state index in [1.807, 2.05) is 0 Å². The molecule has 0 bridgehead atoms. The zero-order chi connectivity index (χ0) is 11.1. The van der Waals surface area contributed by atoms with E-state index >= 15 is 0 Å². The number of hydrogen-bond acceptors (Lipinski definition) is 3. The van der Waals surface area contributed by atoms with E-state index in [4.69, 9.17) is 0 Å². The predicted octanol–water partition coefficient (Wildman–Crippen LogP) is 1.67. The van der Waals surface area contributed by atoms with Crippen molar-refractivity contribution in [3.05, 3.63) is 66.7 Å². The summed E-state index contributed by atoms with van der Waals surface area (Å²) in [5.74, 6) is 0. The molecule has 1 aliphatic carbocycles. The average Bonchev–Trinajstić information content (AvgIpc) is 2.36. The van der Waals surface area contributed by atoms with E-state index in [0.29, 0.717) is 20.5 Å².